The predicted octanol–water partition coefficient (Wildman–Crippen LogP) is 2.71. The summed E-state index contributed by atoms with van der Waals surface area (Å²) in [5.41, 5.74) is 1.11. The van der Waals surface area contributed by atoms with Crippen molar-refractivity contribution in [2.24, 2.45) is 4.99 Å². The molecule has 0 fully saturated rings. The summed E-state index contributed by atoms with van der Waals surface area (Å²) in [4.78, 5) is 6.59. The topological polar surface area (TPSA) is 48.9 Å². The van der Waals surface area contributed by atoms with Crippen LogP contribution in [0.25, 0.3) is 0 Å². The van der Waals surface area contributed by atoms with Gasteiger partial charge in [0.2, 0.25) is 0 Å². The van der Waals surface area contributed by atoms with Gasteiger partial charge >= 0.3 is 0 Å². The molecule has 1 aromatic carbocycles. The number of ether oxygens (including phenoxy) is 1. The first kappa shape index (κ1) is 23.1. The van der Waals surface area contributed by atoms with Crippen molar-refractivity contribution < 1.29 is 4.74 Å². The van der Waals surface area contributed by atoms with Crippen molar-refractivity contribution in [3.05, 3.63) is 35.9 Å². The van der Waals surface area contributed by atoms with Gasteiger partial charge in [0.05, 0.1) is 5.60 Å². The van der Waals surface area contributed by atoms with Crippen LogP contribution in [0.2, 0.25) is 0 Å². The fourth-order valence-electron chi connectivity index (χ4n) is 2.02. The van der Waals surface area contributed by atoms with Crippen molar-refractivity contribution >= 4 is 29.9 Å². The number of nitrogens with zero attached hydrogens (tertiary/aromatic N) is 2. The maximum absolute atomic E-state index is 5.41. The van der Waals surface area contributed by atoms with Crippen molar-refractivity contribution in [1.29, 1.82) is 0 Å². The molecule has 138 valence electrons. The summed E-state index contributed by atoms with van der Waals surface area (Å²) < 4.78 is 5.41. The van der Waals surface area contributed by atoms with Crippen LogP contribution < -0.4 is 10.6 Å². The highest BCUT2D eigenvalue weighted by Crippen LogP contribution is 2.06. The summed E-state index contributed by atoms with van der Waals surface area (Å²) in [6.07, 6.45) is 0. The first-order valence-electron chi connectivity index (χ1n) is 8.12. The quantitative estimate of drug-likeness (QED) is 0.365. The number of nitrogens with one attached hydrogen (secondary N) is 2. The van der Waals surface area contributed by atoms with E-state index in [0.29, 0.717) is 12.6 Å². The first-order chi connectivity index (χ1) is 10.9. The lowest BCUT2D eigenvalue weighted by molar-refractivity contribution is 0.0268. The second kappa shape index (κ2) is 11.7. The van der Waals surface area contributed by atoms with E-state index >= 15 is 0 Å². The number of hydrogen-bond acceptors (Lipinski definition) is 3. The van der Waals surface area contributed by atoms with E-state index in [0.717, 1.165) is 19.0 Å². The SMILES string of the molecule is CN=C(NCC(C)N(C)Cc1ccccc1)NCC(C)(C)OC.I. The van der Waals surface area contributed by atoms with E-state index in [2.05, 4.69) is 58.8 Å². The Bertz CT molecular complexity index is 479. The third kappa shape index (κ3) is 8.84. The van der Waals surface area contributed by atoms with Crippen LogP contribution in [0.15, 0.2) is 35.3 Å². The molecule has 0 aliphatic heterocycles. The predicted molar refractivity (Wildman–Crippen MR) is 113 cm³/mol. The fraction of sp³-hybridized carbons (Fsp3) is 0.611. The van der Waals surface area contributed by atoms with Gasteiger partial charge in [0.1, 0.15) is 0 Å². The maximum Gasteiger partial charge on any atom is 0.191 e. The summed E-state index contributed by atoms with van der Waals surface area (Å²) in [5.74, 6) is 0.801. The van der Waals surface area contributed by atoms with E-state index in [1.165, 1.54) is 5.56 Å². The third-order valence-electron chi connectivity index (χ3n) is 4.05. The molecule has 0 spiro atoms. The number of likely N-dealkylation sites (N-methyl/N-ethyl adjacent to an activating group) is 1. The first-order valence-corrected chi connectivity index (χ1v) is 8.12. The van der Waals surface area contributed by atoms with E-state index < -0.39 is 0 Å². The van der Waals surface area contributed by atoms with Crippen LogP contribution >= 0.6 is 24.0 Å². The highest BCUT2D eigenvalue weighted by atomic mass is 127. The van der Waals surface area contributed by atoms with Gasteiger partial charge in [0.25, 0.3) is 0 Å². The number of halogens is 1. The van der Waals surface area contributed by atoms with Crippen LogP contribution in [-0.4, -0.2) is 56.8 Å². The van der Waals surface area contributed by atoms with Gasteiger partial charge in [-0.3, -0.25) is 9.89 Å². The second-order valence-corrected chi connectivity index (χ2v) is 6.52. The number of methoxy groups -OCH3 is 1. The van der Waals surface area contributed by atoms with Crippen molar-refractivity contribution in [1.82, 2.24) is 15.5 Å². The number of guanidine groups is 1. The minimum Gasteiger partial charge on any atom is -0.377 e. The van der Waals surface area contributed by atoms with Gasteiger partial charge in [0, 0.05) is 39.8 Å². The summed E-state index contributed by atoms with van der Waals surface area (Å²) in [6.45, 7) is 8.77. The summed E-state index contributed by atoms with van der Waals surface area (Å²) in [5, 5.41) is 6.67. The van der Waals surface area contributed by atoms with Gasteiger partial charge < -0.3 is 15.4 Å². The van der Waals surface area contributed by atoms with Crippen LogP contribution in [0, 0.1) is 0 Å². The molecule has 0 heterocycles. The number of hydrogen-bond donors (Lipinski definition) is 2. The molecule has 5 nitrogen and oxygen atoms in total. The summed E-state index contributed by atoms with van der Waals surface area (Å²) >= 11 is 0. The van der Waals surface area contributed by atoms with Crippen LogP contribution in [0.3, 0.4) is 0 Å². The lowest BCUT2D eigenvalue weighted by atomic mass is 10.1. The van der Waals surface area contributed by atoms with Crippen LogP contribution in [0.1, 0.15) is 26.3 Å². The summed E-state index contributed by atoms with van der Waals surface area (Å²) in [6, 6.07) is 10.9. The van der Waals surface area contributed by atoms with Crippen LogP contribution in [0.4, 0.5) is 0 Å². The number of aliphatic imine (C=N–C) groups is 1. The Morgan fingerprint density at radius 3 is 2.42 bits per heavy atom. The van der Waals surface area contributed by atoms with Gasteiger partial charge in [0.15, 0.2) is 5.96 Å². The molecule has 0 aliphatic carbocycles. The van der Waals surface area contributed by atoms with Crippen molar-refractivity contribution in [2.45, 2.75) is 39.0 Å². The molecule has 2 N–H and O–H groups in total. The Hall–Kier alpha value is -0.860. The molecular formula is C18H33IN4O. The third-order valence-corrected chi connectivity index (χ3v) is 4.05. The van der Waals surface area contributed by atoms with E-state index in [1.807, 2.05) is 19.9 Å². The Kier molecular flexibility index (Phi) is 11.2. The lowest BCUT2D eigenvalue weighted by Gasteiger charge is -2.27. The number of benzene rings is 1. The normalized spacial score (nSPS) is 13.4. The highest BCUT2D eigenvalue weighted by Gasteiger charge is 2.17. The highest BCUT2D eigenvalue weighted by molar-refractivity contribution is 14.0. The van der Waals surface area contributed by atoms with Crippen molar-refractivity contribution in [3.8, 4) is 0 Å². The second-order valence-electron chi connectivity index (χ2n) is 6.52. The lowest BCUT2D eigenvalue weighted by Crippen LogP contribution is -2.48. The van der Waals surface area contributed by atoms with Crippen molar-refractivity contribution in [3.63, 3.8) is 0 Å². The Morgan fingerprint density at radius 1 is 1.25 bits per heavy atom. The molecule has 6 heteroatoms. The van der Waals surface area contributed by atoms with E-state index in [4.69, 9.17) is 4.74 Å². The average Bonchev–Trinajstić information content (AvgIpc) is 2.55. The molecule has 0 saturated carbocycles. The van der Waals surface area contributed by atoms with E-state index in [-0.39, 0.29) is 29.6 Å². The van der Waals surface area contributed by atoms with E-state index in [9.17, 15) is 0 Å². The molecule has 0 saturated heterocycles. The molecule has 1 atom stereocenters. The van der Waals surface area contributed by atoms with Gasteiger partial charge in [-0.15, -0.1) is 24.0 Å². The Morgan fingerprint density at radius 2 is 1.88 bits per heavy atom. The standard InChI is InChI=1S/C18H32N4O.HI/c1-15(22(5)13-16-10-8-7-9-11-16)12-20-17(19-4)21-14-18(2,3)23-6;/h7-11,15H,12-14H2,1-6H3,(H2,19,20,21);1H. The van der Waals surface area contributed by atoms with Gasteiger partial charge in [-0.1, -0.05) is 30.3 Å². The summed E-state index contributed by atoms with van der Waals surface area (Å²) in [7, 11) is 5.65. The molecule has 0 bridgehead atoms. The largest absolute Gasteiger partial charge is 0.377 e. The van der Waals surface area contributed by atoms with E-state index in [1.54, 1.807) is 14.2 Å². The molecule has 0 radical (unpaired) electrons. The molecule has 1 rings (SSSR count). The Balaban J connectivity index is 0.00000529. The average molecular weight is 448 g/mol. The molecule has 1 aromatic rings. The zero-order valence-corrected chi connectivity index (χ0v) is 18.1. The van der Waals surface area contributed by atoms with Crippen LogP contribution in [0.5, 0.6) is 0 Å². The monoisotopic (exact) mass is 448 g/mol. The minimum absolute atomic E-state index is 0. The molecular weight excluding hydrogens is 415 g/mol. The molecule has 0 amide bonds. The molecule has 0 aliphatic rings. The zero-order valence-electron chi connectivity index (χ0n) is 15.8. The van der Waals surface area contributed by atoms with Gasteiger partial charge in [-0.25, -0.2) is 0 Å². The zero-order chi connectivity index (χ0) is 17.3. The van der Waals surface area contributed by atoms with Crippen LogP contribution in [-0.2, 0) is 11.3 Å². The molecule has 0 aromatic heterocycles. The molecule has 24 heavy (non-hydrogen) atoms. The van der Waals surface area contributed by atoms with Gasteiger partial charge in [-0.05, 0) is 33.4 Å². The fourth-order valence-corrected chi connectivity index (χ4v) is 2.02. The maximum atomic E-state index is 5.41. The molecule has 1 unspecified atom stereocenters. The smallest absolute Gasteiger partial charge is 0.191 e. The van der Waals surface area contributed by atoms with Gasteiger partial charge in [-0.2, -0.15) is 0 Å². The minimum atomic E-state index is -0.215. The Labute approximate surface area is 164 Å². The number of rotatable bonds is 8. The van der Waals surface area contributed by atoms with Crippen molar-refractivity contribution in [2.75, 3.05) is 34.3 Å².